The number of nitrogens with one attached hydrogen (secondary N) is 2. The fourth-order valence-electron chi connectivity index (χ4n) is 3.41. The minimum absolute atomic E-state index is 0.00587. The lowest BCUT2D eigenvalue weighted by molar-refractivity contribution is -0.146. The average molecular weight is 471 g/mol. The number of carbonyl (C=O) groups is 5. The van der Waals surface area contributed by atoms with Crippen molar-refractivity contribution in [3.05, 3.63) is 58.4 Å². The number of aromatic amines is 1. The van der Waals surface area contributed by atoms with Crippen LogP contribution in [0.2, 0.25) is 0 Å². The first-order chi connectivity index (χ1) is 16.1. The van der Waals surface area contributed by atoms with Crippen molar-refractivity contribution in [3.63, 3.8) is 0 Å². The van der Waals surface area contributed by atoms with Crippen LogP contribution < -0.4 is 5.32 Å². The summed E-state index contributed by atoms with van der Waals surface area (Å²) in [6.45, 7) is 6.63. The predicted octanol–water partition coefficient (Wildman–Crippen LogP) is 3.09. The summed E-state index contributed by atoms with van der Waals surface area (Å²) in [5.41, 5.74) is 1.93. The highest BCUT2D eigenvalue weighted by molar-refractivity contribution is 6.04. The fourth-order valence-corrected chi connectivity index (χ4v) is 3.41. The Kier molecular flexibility index (Phi) is 9.73. The molecule has 0 saturated carbocycles. The van der Waals surface area contributed by atoms with Crippen LogP contribution in [-0.4, -0.2) is 53.7 Å². The third-order valence-corrected chi connectivity index (χ3v) is 5.17. The number of ether oxygens (including phenoxy) is 2. The summed E-state index contributed by atoms with van der Waals surface area (Å²) >= 11 is 0. The van der Waals surface area contributed by atoms with Gasteiger partial charge in [0.1, 0.15) is 0 Å². The fraction of sp³-hybridized carbons (Fsp3) is 0.400. The van der Waals surface area contributed by atoms with Gasteiger partial charge in [0.15, 0.2) is 11.9 Å². The van der Waals surface area contributed by atoms with E-state index in [4.69, 9.17) is 9.47 Å². The molecule has 1 aromatic carbocycles. The highest BCUT2D eigenvalue weighted by Crippen LogP contribution is 2.21. The van der Waals surface area contributed by atoms with Crippen LogP contribution >= 0.6 is 0 Å². The SMILES string of the molecule is CCOC(=O)c1c(C)[nH]c(C(=O)[C@H](C)OC(=O)CCNC(=O)CCC(=O)c2ccccc2)c1C. The van der Waals surface area contributed by atoms with Gasteiger partial charge in [-0.05, 0) is 33.3 Å². The number of esters is 2. The lowest BCUT2D eigenvalue weighted by Gasteiger charge is -2.12. The molecule has 0 spiro atoms. The largest absolute Gasteiger partial charge is 0.462 e. The molecule has 1 aromatic heterocycles. The molecule has 1 atom stereocenters. The van der Waals surface area contributed by atoms with Gasteiger partial charge >= 0.3 is 11.9 Å². The van der Waals surface area contributed by atoms with E-state index in [-0.39, 0.29) is 55.4 Å². The summed E-state index contributed by atoms with van der Waals surface area (Å²) in [7, 11) is 0. The molecular weight excluding hydrogens is 440 g/mol. The number of amides is 1. The number of hydrogen-bond donors (Lipinski definition) is 2. The first-order valence-corrected chi connectivity index (χ1v) is 11.1. The third kappa shape index (κ3) is 7.13. The quantitative estimate of drug-likeness (QED) is 0.360. The summed E-state index contributed by atoms with van der Waals surface area (Å²) in [4.78, 5) is 63.8. The molecule has 0 fully saturated rings. The first kappa shape index (κ1) is 26.5. The topological polar surface area (TPSA) is 132 Å². The van der Waals surface area contributed by atoms with E-state index in [9.17, 15) is 24.0 Å². The van der Waals surface area contributed by atoms with Gasteiger partial charge < -0.3 is 19.8 Å². The molecule has 2 rings (SSSR count). The van der Waals surface area contributed by atoms with Crippen LogP contribution in [0.25, 0.3) is 0 Å². The van der Waals surface area contributed by atoms with E-state index in [1.165, 1.54) is 6.92 Å². The lowest BCUT2D eigenvalue weighted by Crippen LogP contribution is -2.29. The van der Waals surface area contributed by atoms with Crippen molar-refractivity contribution in [2.75, 3.05) is 13.2 Å². The lowest BCUT2D eigenvalue weighted by atomic mass is 10.1. The minimum atomic E-state index is -1.08. The third-order valence-electron chi connectivity index (χ3n) is 5.17. The smallest absolute Gasteiger partial charge is 0.340 e. The van der Waals surface area contributed by atoms with Crippen LogP contribution in [0.15, 0.2) is 30.3 Å². The molecule has 1 amide bonds. The van der Waals surface area contributed by atoms with Gasteiger partial charge in [-0.25, -0.2) is 4.79 Å². The Morgan fingerprint density at radius 1 is 1.00 bits per heavy atom. The zero-order chi connectivity index (χ0) is 25.3. The molecule has 182 valence electrons. The number of H-pyrrole nitrogens is 1. The summed E-state index contributed by atoms with van der Waals surface area (Å²) in [6.07, 6.45) is -1.15. The number of hydrogen-bond acceptors (Lipinski definition) is 7. The summed E-state index contributed by atoms with van der Waals surface area (Å²) in [6, 6.07) is 8.68. The molecule has 0 aliphatic rings. The summed E-state index contributed by atoms with van der Waals surface area (Å²) in [5, 5.41) is 2.56. The minimum Gasteiger partial charge on any atom is -0.462 e. The Hall–Kier alpha value is -3.75. The zero-order valence-electron chi connectivity index (χ0n) is 19.9. The van der Waals surface area contributed by atoms with E-state index in [0.29, 0.717) is 16.8 Å². The predicted molar refractivity (Wildman–Crippen MR) is 124 cm³/mol. The van der Waals surface area contributed by atoms with E-state index in [0.717, 1.165) is 0 Å². The van der Waals surface area contributed by atoms with Gasteiger partial charge in [-0.1, -0.05) is 30.3 Å². The van der Waals surface area contributed by atoms with Gasteiger partial charge in [-0.2, -0.15) is 0 Å². The van der Waals surface area contributed by atoms with Crippen molar-refractivity contribution in [2.45, 2.75) is 53.1 Å². The van der Waals surface area contributed by atoms with E-state index in [1.807, 2.05) is 0 Å². The van der Waals surface area contributed by atoms with Crippen molar-refractivity contribution in [1.82, 2.24) is 10.3 Å². The van der Waals surface area contributed by atoms with Crippen LogP contribution in [0.5, 0.6) is 0 Å². The standard InChI is InChI=1S/C25H30N2O7/c1-5-33-25(32)22-15(2)23(27-16(22)3)24(31)17(4)34-21(30)13-14-26-20(29)12-11-19(28)18-9-7-6-8-10-18/h6-10,17,27H,5,11-14H2,1-4H3,(H,26,29)/t17-/m0/s1. The maximum Gasteiger partial charge on any atom is 0.340 e. The number of aromatic nitrogens is 1. The van der Waals surface area contributed by atoms with Crippen LogP contribution in [0.1, 0.15) is 75.6 Å². The van der Waals surface area contributed by atoms with Crippen LogP contribution in [-0.2, 0) is 19.1 Å². The van der Waals surface area contributed by atoms with Crippen molar-refractivity contribution in [3.8, 4) is 0 Å². The number of ketones is 2. The molecule has 9 heteroatoms. The molecule has 1 heterocycles. The Morgan fingerprint density at radius 3 is 2.32 bits per heavy atom. The van der Waals surface area contributed by atoms with Gasteiger partial charge in [0.25, 0.3) is 0 Å². The molecule has 0 bridgehead atoms. The van der Waals surface area contributed by atoms with Crippen LogP contribution in [0.4, 0.5) is 0 Å². The van der Waals surface area contributed by atoms with Crippen molar-refractivity contribution in [1.29, 1.82) is 0 Å². The molecule has 0 unspecified atom stereocenters. The van der Waals surface area contributed by atoms with Crippen molar-refractivity contribution < 1.29 is 33.4 Å². The first-order valence-electron chi connectivity index (χ1n) is 11.1. The Balaban J connectivity index is 1.79. The number of aryl methyl sites for hydroxylation is 1. The molecule has 9 nitrogen and oxygen atoms in total. The molecule has 2 N–H and O–H groups in total. The molecule has 2 aromatic rings. The van der Waals surface area contributed by atoms with Crippen LogP contribution in [0.3, 0.4) is 0 Å². The number of Topliss-reactive ketones (excluding diaryl/α,β-unsaturated/α-hetero) is 2. The molecule has 0 radical (unpaired) electrons. The highest BCUT2D eigenvalue weighted by Gasteiger charge is 2.27. The molecular formula is C25H30N2O7. The maximum atomic E-state index is 12.7. The van der Waals surface area contributed by atoms with Crippen molar-refractivity contribution >= 4 is 29.4 Å². The Morgan fingerprint density at radius 2 is 1.68 bits per heavy atom. The molecule has 34 heavy (non-hydrogen) atoms. The summed E-state index contributed by atoms with van der Waals surface area (Å²) < 4.78 is 10.2. The maximum absolute atomic E-state index is 12.7. The molecule has 0 aliphatic carbocycles. The Labute approximate surface area is 198 Å². The van der Waals surface area contributed by atoms with E-state index in [1.54, 1.807) is 51.1 Å². The molecule has 0 aliphatic heterocycles. The van der Waals surface area contributed by atoms with Crippen LogP contribution in [0, 0.1) is 13.8 Å². The van der Waals surface area contributed by atoms with Gasteiger partial charge in [0.05, 0.1) is 24.3 Å². The number of benzene rings is 1. The normalized spacial score (nSPS) is 11.4. The second kappa shape index (κ2) is 12.5. The monoisotopic (exact) mass is 470 g/mol. The Bertz CT molecular complexity index is 1060. The zero-order valence-corrected chi connectivity index (χ0v) is 19.9. The summed E-state index contributed by atoms with van der Waals surface area (Å²) in [5.74, 6) is -2.16. The second-order valence-corrected chi connectivity index (χ2v) is 7.73. The second-order valence-electron chi connectivity index (χ2n) is 7.73. The average Bonchev–Trinajstić information content (AvgIpc) is 3.11. The molecule has 0 saturated heterocycles. The van der Waals surface area contributed by atoms with Crippen molar-refractivity contribution in [2.24, 2.45) is 0 Å². The van der Waals surface area contributed by atoms with Gasteiger partial charge in [-0.15, -0.1) is 0 Å². The van der Waals surface area contributed by atoms with Gasteiger partial charge in [-0.3, -0.25) is 19.2 Å². The number of carbonyl (C=O) groups excluding carboxylic acids is 5. The van der Waals surface area contributed by atoms with E-state index < -0.39 is 23.8 Å². The van der Waals surface area contributed by atoms with Gasteiger partial charge in [0.2, 0.25) is 11.7 Å². The van der Waals surface area contributed by atoms with E-state index in [2.05, 4.69) is 10.3 Å². The van der Waals surface area contributed by atoms with E-state index >= 15 is 0 Å². The highest BCUT2D eigenvalue weighted by atomic mass is 16.5. The number of rotatable bonds is 12. The van der Waals surface area contributed by atoms with Gasteiger partial charge in [0, 0.05) is 30.6 Å².